The number of alkyl halides is 3. The molecule has 0 aliphatic carbocycles. The van der Waals surface area contributed by atoms with Crippen molar-refractivity contribution in [3.8, 4) is 5.82 Å². The van der Waals surface area contributed by atoms with Crippen molar-refractivity contribution in [1.82, 2.24) is 20.1 Å². The van der Waals surface area contributed by atoms with Crippen LogP contribution in [0, 0.1) is 5.92 Å². The number of pyridine rings is 1. The lowest BCUT2D eigenvalue weighted by molar-refractivity contribution is -0.141. The van der Waals surface area contributed by atoms with E-state index < -0.39 is 29.5 Å². The summed E-state index contributed by atoms with van der Waals surface area (Å²) in [6.45, 7) is 5.00. The average molecular weight is 384 g/mol. The van der Waals surface area contributed by atoms with Crippen LogP contribution in [0.15, 0.2) is 24.5 Å². The topological polar surface area (TPSA) is 97.1 Å². The van der Waals surface area contributed by atoms with Gasteiger partial charge >= 0.3 is 12.1 Å². The zero-order valence-electron chi connectivity index (χ0n) is 14.9. The molecule has 2 aromatic heterocycles. The maximum Gasteiger partial charge on any atom is 0.417 e. The average Bonchev–Trinajstić information content (AvgIpc) is 3.04. The molecule has 2 N–H and O–H groups in total. The van der Waals surface area contributed by atoms with Gasteiger partial charge in [0.1, 0.15) is 0 Å². The normalized spacial score (nSPS) is 12.9. The summed E-state index contributed by atoms with van der Waals surface area (Å²) in [6.07, 6.45) is -2.51. The monoisotopic (exact) mass is 384 g/mol. The van der Waals surface area contributed by atoms with E-state index in [9.17, 15) is 22.8 Å². The lowest BCUT2D eigenvalue weighted by atomic mass is 10.0. The van der Waals surface area contributed by atoms with Crippen molar-refractivity contribution in [1.29, 1.82) is 0 Å². The van der Waals surface area contributed by atoms with E-state index >= 15 is 0 Å². The molecule has 0 fully saturated rings. The summed E-state index contributed by atoms with van der Waals surface area (Å²) in [5.74, 6) is -2.35. The van der Waals surface area contributed by atoms with Gasteiger partial charge in [-0.25, -0.2) is 9.67 Å². The molecular formula is C17H19F3N4O3. The minimum absolute atomic E-state index is 0.0601. The first-order valence-electron chi connectivity index (χ1n) is 8.15. The fraction of sp³-hybridized carbons (Fsp3) is 0.412. The molecule has 0 aliphatic rings. The molecule has 1 atom stereocenters. The van der Waals surface area contributed by atoms with Gasteiger partial charge in [0, 0.05) is 12.7 Å². The summed E-state index contributed by atoms with van der Waals surface area (Å²) in [4.78, 5) is 27.1. The summed E-state index contributed by atoms with van der Waals surface area (Å²) >= 11 is 0. The van der Waals surface area contributed by atoms with E-state index in [0.717, 1.165) is 6.07 Å². The Kier molecular flexibility index (Phi) is 5.87. The van der Waals surface area contributed by atoms with Crippen LogP contribution in [0.3, 0.4) is 0 Å². The minimum Gasteiger partial charge on any atom is -0.481 e. The van der Waals surface area contributed by atoms with Crippen molar-refractivity contribution in [3.63, 3.8) is 0 Å². The molecule has 0 radical (unpaired) electrons. The van der Waals surface area contributed by atoms with Crippen LogP contribution >= 0.6 is 0 Å². The molecule has 0 aliphatic heterocycles. The Labute approximate surface area is 153 Å². The van der Waals surface area contributed by atoms with Crippen molar-refractivity contribution >= 4 is 11.9 Å². The maximum absolute atomic E-state index is 12.7. The fourth-order valence-corrected chi connectivity index (χ4v) is 2.38. The van der Waals surface area contributed by atoms with Crippen LogP contribution in [0.1, 0.15) is 48.3 Å². The van der Waals surface area contributed by atoms with Gasteiger partial charge in [0.2, 0.25) is 0 Å². The van der Waals surface area contributed by atoms with Crippen LogP contribution in [-0.4, -0.2) is 38.3 Å². The first kappa shape index (κ1) is 20.4. The Morgan fingerprint density at radius 3 is 2.37 bits per heavy atom. The molecular weight excluding hydrogens is 365 g/mol. The molecule has 2 aromatic rings. The highest BCUT2D eigenvalue weighted by molar-refractivity contribution is 5.95. The van der Waals surface area contributed by atoms with E-state index in [0.29, 0.717) is 11.9 Å². The van der Waals surface area contributed by atoms with E-state index in [-0.39, 0.29) is 23.8 Å². The first-order valence-corrected chi connectivity index (χ1v) is 8.15. The molecule has 1 amide bonds. The van der Waals surface area contributed by atoms with Gasteiger partial charge in [-0.2, -0.15) is 18.3 Å². The number of carbonyl (C=O) groups excluding carboxylic acids is 1. The largest absolute Gasteiger partial charge is 0.481 e. The highest BCUT2D eigenvalue weighted by atomic mass is 19.4. The second-order valence-electron chi connectivity index (χ2n) is 6.36. The maximum atomic E-state index is 12.7. The molecule has 2 heterocycles. The zero-order valence-corrected chi connectivity index (χ0v) is 14.9. The van der Waals surface area contributed by atoms with Crippen LogP contribution in [0.4, 0.5) is 13.2 Å². The second kappa shape index (κ2) is 7.77. The predicted octanol–water partition coefficient (Wildman–Crippen LogP) is 2.86. The van der Waals surface area contributed by atoms with Gasteiger partial charge in [0.25, 0.3) is 5.91 Å². The van der Waals surface area contributed by atoms with Gasteiger partial charge in [-0.3, -0.25) is 9.59 Å². The highest BCUT2D eigenvalue weighted by Crippen LogP contribution is 2.29. The number of aromatic nitrogens is 3. The van der Waals surface area contributed by atoms with Crippen LogP contribution in [0.25, 0.3) is 5.82 Å². The highest BCUT2D eigenvalue weighted by Gasteiger charge is 2.31. The smallest absolute Gasteiger partial charge is 0.417 e. The number of nitrogens with zero attached hydrogens (tertiary/aromatic N) is 3. The molecule has 2 rings (SSSR count). The fourth-order valence-electron chi connectivity index (χ4n) is 2.38. The van der Waals surface area contributed by atoms with Gasteiger partial charge in [-0.1, -0.05) is 20.8 Å². The number of carboxylic acid groups (broad SMARTS) is 1. The second-order valence-corrected chi connectivity index (χ2v) is 6.36. The Bertz CT molecular complexity index is 829. The number of carbonyl (C=O) groups is 2. The van der Waals surface area contributed by atoms with E-state index in [2.05, 4.69) is 15.4 Å². The zero-order chi connectivity index (χ0) is 20.4. The van der Waals surface area contributed by atoms with Gasteiger partial charge in [0.05, 0.1) is 28.9 Å². The quantitative estimate of drug-likeness (QED) is 0.798. The van der Waals surface area contributed by atoms with E-state index in [4.69, 9.17) is 5.11 Å². The number of halogens is 3. The Balaban J connectivity index is 2.32. The molecule has 7 nitrogen and oxygen atoms in total. The summed E-state index contributed by atoms with van der Waals surface area (Å²) < 4.78 is 39.4. The Morgan fingerprint density at radius 1 is 1.22 bits per heavy atom. The number of hydrogen-bond acceptors (Lipinski definition) is 4. The molecule has 0 aromatic carbocycles. The lowest BCUT2D eigenvalue weighted by Crippen LogP contribution is -2.32. The van der Waals surface area contributed by atoms with Crippen molar-refractivity contribution in [2.24, 2.45) is 5.92 Å². The third-order valence-corrected chi connectivity index (χ3v) is 3.88. The third-order valence-electron chi connectivity index (χ3n) is 3.88. The van der Waals surface area contributed by atoms with Crippen molar-refractivity contribution in [2.75, 3.05) is 6.54 Å². The van der Waals surface area contributed by atoms with Crippen LogP contribution < -0.4 is 5.32 Å². The molecule has 0 bridgehead atoms. The lowest BCUT2D eigenvalue weighted by Gasteiger charge is -2.13. The molecule has 0 saturated heterocycles. The number of aliphatic carboxylic acids is 1. The van der Waals surface area contributed by atoms with Gasteiger partial charge in [-0.05, 0) is 18.1 Å². The molecule has 0 saturated carbocycles. The minimum atomic E-state index is -4.50. The van der Waals surface area contributed by atoms with Crippen molar-refractivity contribution in [3.05, 3.63) is 41.3 Å². The van der Waals surface area contributed by atoms with Crippen LogP contribution in [-0.2, 0) is 11.0 Å². The van der Waals surface area contributed by atoms with Crippen molar-refractivity contribution in [2.45, 2.75) is 32.9 Å². The molecule has 1 unspecified atom stereocenters. The van der Waals surface area contributed by atoms with Crippen LogP contribution in [0.5, 0.6) is 0 Å². The van der Waals surface area contributed by atoms with Gasteiger partial charge < -0.3 is 10.4 Å². The Hall–Kier alpha value is -2.91. The summed E-state index contributed by atoms with van der Waals surface area (Å²) in [6, 6.07) is 2.07. The van der Waals surface area contributed by atoms with Crippen LogP contribution in [0.2, 0.25) is 0 Å². The number of hydrogen-bond donors (Lipinski definition) is 2. The third kappa shape index (κ3) is 4.63. The number of amides is 1. The van der Waals surface area contributed by atoms with E-state index in [1.807, 2.05) is 0 Å². The van der Waals surface area contributed by atoms with E-state index in [1.54, 1.807) is 13.8 Å². The number of rotatable bonds is 6. The summed E-state index contributed by atoms with van der Waals surface area (Å²) in [5.41, 5.74) is -0.211. The Morgan fingerprint density at radius 2 is 1.89 bits per heavy atom. The number of nitrogens with one attached hydrogen (secondary N) is 1. The molecule has 10 heteroatoms. The standard InChI is InChI=1S/C17H19F3N4O3/c1-9(2)14-12(15(25)22-6-10(3)16(26)27)8-23-24(14)13-5-4-11(7-21-13)17(18,19)20/h4-5,7-10H,6H2,1-3H3,(H,22,25)(H,26,27). The predicted molar refractivity (Wildman–Crippen MR) is 89.6 cm³/mol. The first-order chi connectivity index (χ1) is 12.5. The SMILES string of the molecule is CC(CNC(=O)c1cnn(-c2ccc(C(F)(F)F)cn2)c1C(C)C)C(=O)O. The van der Waals surface area contributed by atoms with Gasteiger partial charge in [-0.15, -0.1) is 0 Å². The molecule has 146 valence electrons. The van der Waals surface area contributed by atoms with E-state index in [1.165, 1.54) is 23.9 Å². The summed E-state index contributed by atoms with van der Waals surface area (Å²) in [7, 11) is 0. The number of carboxylic acids is 1. The molecule has 0 spiro atoms. The summed E-state index contributed by atoms with van der Waals surface area (Å²) in [5, 5.41) is 15.5. The van der Waals surface area contributed by atoms with Crippen molar-refractivity contribution < 1.29 is 27.9 Å². The van der Waals surface area contributed by atoms with Gasteiger partial charge in [0.15, 0.2) is 5.82 Å². The molecule has 27 heavy (non-hydrogen) atoms.